The molecule has 1 aliphatic heterocycles. The van der Waals surface area contributed by atoms with E-state index in [0.717, 1.165) is 43.0 Å². The number of nitrogens with one attached hydrogen (secondary N) is 1. The first-order chi connectivity index (χ1) is 13.3. The van der Waals surface area contributed by atoms with Crippen molar-refractivity contribution in [2.75, 3.05) is 24.3 Å². The van der Waals surface area contributed by atoms with E-state index < -0.39 is 0 Å². The molecule has 4 rings (SSSR count). The van der Waals surface area contributed by atoms with Gasteiger partial charge < -0.3 is 20.5 Å². The zero-order valence-electron chi connectivity index (χ0n) is 15.0. The van der Waals surface area contributed by atoms with Crippen LogP contribution in [0, 0.1) is 0 Å². The molecule has 3 aromatic rings. The fourth-order valence-electron chi connectivity index (χ4n) is 3.02. The van der Waals surface area contributed by atoms with Crippen LogP contribution in [0.3, 0.4) is 0 Å². The number of anilines is 3. The molecule has 2 heterocycles. The molecule has 6 heteroatoms. The van der Waals surface area contributed by atoms with E-state index >= 15 is 0 Å². The second-order valence-corrected chi connectivity index (χ2v) is 6.44. The highest BCUT2D eigenvalue weighted by atomic mass is 16.5. The minimum absolute atomic E-state index is 0.160. The van der Waals surface area contributed by atoms with Crippen molar-refractivity contribution in [3.05, 3.63) is 60.8 Å². The molecule has 0 spiro atoms. The monoisotopic (exact) mass is 362 g/mol. The van der Waals surface area contributed by atoms with E-state index in [0.29, 0.717) is 17.4 Å². The van der Waals surface area contributed by atoms with Crippen LogP contribution in [-0.4, -0.2) is 29.3 Å². The van der Waals surface area contributed by atoms with Gasteiger partial charge >= 0.3 is 0 Å². The molecule has 0 radical (unpaired) electrons. The third kappa shape index (κ3) is 4.35. The van der Waals surface area contributed by atoms with Gasteiger partial charge in [0.25, 0.3) is 0 Å². The summed E-state index contributed by atoms with van der Waals surface area (Å²) in [5.41, 5.74) is 9.49. The van der Waals surface area contributed by atoms with E-state index in [1.807, 2.05) is 54.6 Å². The van der Waals surface area contributed by atoms with Gasteiger partial charge in [-0.2, -0.15) is 0 Å². The number of nitrogens with zero attached hydrogens (tertiary/aromatic N) is 2. The van der Waals surface area contributed by atoms with Crippen molar-refractivity contribution < 1.29 is 9.47 Å². The Bertz CT molecular complexity index is 896. The smallest absolute Gasteiger partial charge is 0.227 e. The number of para-hydroxylation sites is 1. The Balaban J connectivity index is 1.51. The van der Waals surface area contributed by atoms with Gasteiger partial charge in [-0.25, -0.2) is 9.97 Å². The molecular weight excluding hydrogens is 340 g/mol. The van der Waals surface area contributed by atoms with E-state index in [1.54, 1.807) is 6.20 Å². The fraction of sp³-hybridized carbons (Fsp3) is 0.238. The third-order valence-corrected chi connectivity index (χ3v) is 4.45. The van der Waals surface area contributed by atoms with Gasteiger partial charge in [0.15, 0.2) is 0 Å². The summed E-state index contributed by atoms with van der Waals surface area (Å²) in [4.78, 5) is 8.88. The molecule has 1 saturated heterocycles. The summed E-state index contributed by atoms with van der Waals surface area (Å²) < 4.78 is 11.4. The average Bonchev–Trinajstić information content (AvgIpc) is 2.71. The molecule has 0 aliphatic carbocycles. The van der Waals surface area contributed by atoms with Crippen LogP contribution < -0.4 is 15.8 Å². The van der Waals surface area contributed by atoms with Crippen molar-refractivity contribution in [1.29, 1.82) is 0 Å². The largest absolute Gasteiger partial charge is 0.488 e. The van der Waals surface area contributed by atoms with Crippen LogP contribution >= 0.6 is 0 Å². The molecular formula is C21H22N4O2. The zero-order valence-corrected chi connectivity index (χ0v) is 15.0. The Hall–Kier alpha value is -3.12. The van der Waals surface area contributed by atoms with Gasteiger partial charge in [-0.3, -0.25) is 0 Å². The number of nitrogen functional groups attached to an aromatic ring is 1. The predicted molar refractivity (Wildman–Crippen MR) is 106 cm³/mol. The van der Waals surface area contributed by atoms with Crippen LogP contribution in [0.1, 0.15) is 12.8 Å². The minimum Gasteiger partial charge on any atom is -0.488 e. The van der Waals surface area contributed by atoms with Crippen molar-refractivity contribution in [2.45, 2.75) is 18.9 Å². The van der Waals surface area contributed by atoms with Crippen LogP contribution in [0.4, 0.5) is 17.3 Å². The van der Waals surface area contributed by atoms with Gasteiger partial charge in [-0.15, -0.1) is 0 Å². The molecule has 0 unspecified atom stereocenters. The second-order valence-electron chi connectivity index (χ2n) is 6.44. The summed E-state index contributed by atoms with van der Waals surface area (Å²) in [6.07, 6.45) is 3.67. The van der Waals surface area contributed by atoms with Crippen molar-refractivity contribution in [3.8, 4) is 17.0 Å². The van der Waals surface area contributed by atoms with Crippen molar-refractivity contribution in [1.82, 2.24) is 9.97 Å². The van der Waals surface area contributed by atoms with Crippen molar-refractivity contribution in [3.63, 3.8) is 0 Å². The standard InChI is InChI=1S/C21H22N4O2/c22-18-14-15(6-7-20(18)27-17-9-12-26-13-10-17)19-8-11-23-21(25-19)24-16-4-2-1-3-5-16/h1-8,11,14,17H,9-10,12-13,22H2,(H,23,24,25). The maximum absolute atomic E-state index is 6.22. The second kappa shape index (κ2) is 8.05. The number of benzene rings is 2. The third-order valence-electron chi connectivity index (χ3n) is 4.45. The maximum atomic E-state index is 6.22. The number of aromatic nitrogens is 2. The molecule has 0 saturated carbocycles. The van der Waals surface area contributed by atoms with Gasteiger partial charge in [0.05, 0.1) is 24.6 Å². The first-order valence-electron chi connectivity index (χ1n) is 9.07. The molecule has 138 valence electrons. The lowest BCUT2D eigenvalue weighted by atomic mass is 10.1. The minimum atomic E-state index is 0.160. The SMILES string of the molecule is Nc1cc(-c2ccnc(Nc3ccccc3)n2)ccc1OC1CCOCC1. The van der Waals surface area contributed by atoms with Crippen molar-refractivity contribution >= 4 is 17.3 Å². The Kier molecular flexibility index (Phi) is 5.16. The normalized spacial score (nSPS) is 14.7. The van der Waals surface area contributed by atoms with E-state index in [4.69, 9.17) is 15.2 Å². The van der Waals surface area contributed by atoms with Gasteiger partial charge in [0, 0.05) is 30.3 Å². The summed E-state index contributed by atoms with van der Waals surface area (Å²) in [6.45, 7) is 1.47. The molecule has 2 aromatic carbocycles. The first-order valence-corrected chi connectivity index (χ1v) is 9.07. The molecule has 1 aliphatic rings. The fourth-order valence-corrected chi connectivity index (χ4v) is 3.02. The Morgan fingerprint density at radius 2 is 1.85 bits per heavy atom. The maximum Gasteiger partial charge on any atom is 0.227 e. The zero-order chi connectivity index (χ0) is 18.5. The lowest BCUT2D eigenvalue weighted by Crippen LogP contribution is -2.26. The summed E-state index contributed by atoms with van der Waals surface area (Å²) in [6, 6.07) is 17.5. The number of rotatable bonds is 5. The topological polar surface area (TPSA) is 82.3 Å². The predicted octanol–water partition coefficient (Wildman–Crippen LogP) is 4.03. The summed E-state index contributed by atoms with van der Waals surface area (Å²) in [5, 5.41) is 3.20. The number of hydrogen-bond acceptors (Lipinski definition) is 6. The Morgan fingerprint density at radius 3 is 2.63 bits per heavy atom. The van der Waals surface area contributed by atoms with Gasteiger partial charge in [-0.1, -0.05) is 18.2 Å². The Labute approximate surface area is 158 Å². The Morgan fingerprint density at radius 1 is 1.04 bits per heavy atom. The highest BCUT2D eigenvalue weighted by Gasteiger charge is 2.16. The molecule has 27 heavy (non-hydrogen) atoms. The first kappa shape index (κ1) is 17.3. The number of ether oxygens (including phenoxy) is 2. The van der Waals surface area contributed by atoms with Crippen LogP contribution in [0.2, 0.25) is 0 Å². The highest BCUT2D eigenvalue weighted by molar-refractivity contribution is 5.69. The summed E-state index contributed by atoms with van der Waals surface area (Å²) >= 11 is 0. The van der Waals surface area contributed by atoms with E-state index in [1.165, 1.54) is 0 Å². The van der Waals surface area contributed by atoms with Gasteiger partial charge in [0.1, 0.15) is 11.9 Å². The van der Waals surface area contributed by atoms with E-state index in [2.05, 4.69) is 15.3 Å². The van der Waals surface area contributed by atoms with Crippen LogP contribution in [0.25, 0.3) is 11.3 Å². The quantitative estimate of drug-likeness (QED) is 0.667. The van der Waals surface area contributed by atoms with Crippen LogP contribution in [-0.2, 0) is 4.74 Å². The molecule has 6 nitrogen and oxygen atoms in total. The summed E-state index contributed by atoms with van der Waals surface area (Å²) in [5.74, 6) is 1.25. The lowest BCUT2D eigenvalue weighted by Gasteiger charge is -2.24. The van der Waals surface area contributed by atoms with Gasteiger partial charge in [-0.05, 0) is 36.4 Å². The van der Waals surface area contributed by atoms with Gasteiger partial charge in [0.2, 0.25) is 5.95 Å². The summed E-state index contributed by atoms with van der Waals surface area (Å²) in [7, 11) is 0. The van der Waals surface area contributed by atoms with E-state index in [-0.39, 0.29) is 6.10 Å². The highest BCUT2D eigenvalue weighted by Crippen LogP contribution is 2.30. The molecule has 1 fully saturated rings. The number of nitrogens with two attached hydrogens (primary N) is 1. The van der Waals surface area contributed by atoms with Crippen molar-refractivity contribution in [2.24, 2.45) is 0 Å². The molecule has 0 atom stereocenters. The number of hydrogen-bond donors (Lipinski definition) is 2. The molecule has 0 amide bonds. The molecule has 0 bridgehead atoms. The van der Waals surface area contributed by atoms with Crippen LogP contribution in [0.15, 0.2) is 60.8 Å². The molecule has 3 N–H and O–H groups in total. The van der Waals surface area contributed by atoms with E-state index in [9.17, 15) is 0 Å². The average molecular weight is 362 g/mol. The van der Waals surface area contributed by atoms with Crippen LogP contribution in [0.5, 0.6) is 5.75 Å². The lowest BCUT2D eigenvalue weighted by molar-refractivity contribution is 0.0259. The molecule has 1 aromatic heterocycles.